The topological polar surface area (TPSA) is 46.3 Å². The summed E-state index contributed by atoms with van der Waals surface area (Å²) in [5.74, 6) is 0.908. The number of likely N-dealkylation sites (N-methyl/N-ethyl adjacent to an activating group) is 1. The molecule has 1 aromatic rings. The quantitative estimate of drug-likeness (QED) is 0.869. The molecule has 1 atom stereocenters. The Morgan fingerprint density at radius 3 is 2.53 bits per heavy atom. The van der Waals surface area contributed by atoms with E-state index in [4.69, 9.17) is 5.73 Å². The first-order chi connectivity index (χ1) is 8.06. The van der Waals surface area contributed by atoms with Crippen LogP contribution in [-0.2, 0) is 4.79 Å². The molecule has 1 amide bonds. The second-order valence-electron chi connectivity index (χ2n) is 4.14. The Morgan fingerprint density at radius 1 is 1.41 bits per heavy atom. The molecule has 4 heteroatoms. The van der Waals surface area contributed by atoms with Crippen molar-refractivity contribution in [2.45, 2.75) is 13.0 Å². The predicted octanol–water partition coefficient (Wildman–Crippen LogP) is 1.82. The number of hydrogen-bond acceptors (Lipinski definition) is 3. The van der Waals surface area contributed by atoms with Crippen LogP contribution in [0.4, 0.5) is 0 Å². The fraction of sp³-hybridized carbons (Fsp3) is 0.462. The maximum Gasteiger partial charge on any atom is 0.243 e. The number of carbonyl (C=O) groups excluding carboxylic acids is 1. The minimum atomic E-state index is -0.553. The molecule has 0 radical (unpaired) electrons. The molecule has 0 aromatic heterocycles. The highest BCUT2D eigenvalue weighted by Gasteiger charge is 2.19. The van der Waals surface area contributed by atoms with Crippen LogP contribution in [0.1, 0.15) is 17.2 Å². The number of thioether (sulfide) groups is 1. The summed E-state index contributed by atoms with van der Waals surface area (Å²) in [6.07, 6.45) is 2.03. The zero-order valence-corrected chi connectivity index (χ0v) is 11.5. The highest BCUT2D eigenvalue weighted by atomic mass is 32.2. The molecule has 0 aliphatic heterocycles. The summed E-state index contributed by atoms with van der Waals surface area (Å²) in [6, 6.07) is 7.23. The molecular weight excluding hydrogens is 232 g/mol. The molecule has 0 spiro atoms. The van der Waals surface area contributed by atoms with E-state index in [1.165, 1.54) is 5.56 Å². The zero-order chi connectivity index (χ0) is 12.8. The molecule has 3 nitrogen and oxygen atoms in total. The van der Waals surface area contributed by atoms with Gasteiger partial charge in [0.05, 0.1) is 0 Å². The van der Waals surface area contributed by atoms with Gasteiger partial charge in [-0.15, -0.1) is 0 Å². The highest BCUT2D eigenvalue weighted by Crippen LogP contribution is 2.13. The number of hydrogen-bond donors (Lipinski definition) is 1. The fourth-order valence-electron chi connectivity index (χ4n) is 1.49. The smallest absolute Gasteiger partial charge is 0.243 e. The van der Waals surface area contributed by atoms with Crippen molar-refractivity contribution in [2.75, 3.05) is 25.6 Å². The molecule has 1 aromatic carbocycles. The third kappa shape index (κ3) is 4.06. The highest BCUT2D eigenvalue weighted by molar-refractivity contribution is 7.98. The second kappa shape index (κ2) is 6.67. The summed E-state index contributed by atoms with van der Waals surface area (Å²) in [5.41, 5.74) is 8.01. The van der Waals surface area contributed by atoms with Crippen molar-refractivity contribution in [3.8, 4) is 0 Å². The van der Waals surface area contributed by atoms with E-state index in [9.17, 15) is 4.79 Å². The minimum Gasteiger partial charge on any atom is -0.343 e. The van der Waals surface area contributed by atoms with Crippen LogP contribution < -0.4 is 5.73 Å². The molecule has 1 unspecified atom stereocenters. The van der Waals surface area contributed by atoms with Gasteiger partial charge in [-0.1, -0.05) is 29.8 Å². The summed E-state index contributed by atoms with van der Waals surface area (Å²) in [7, 11) is 1.80. The summed E-state index contributed by atoms with van der Waals surface area (Å²) in [5, 5.41) is 0. The fourth-order valence-corrected chi connectivity index (χ4v) is 1.95. The zero-order valence-electron chi connectivity index (χ0n) is 10.6. The normalized spacial score (nSPS) is 12.2. The maximum absolute atomic E-state index is 12.0. The van der Waals surface area contributed by atoms with E-state index in [0.29, 0.717) is 0 Å². The molecule has 0 heterocycles. The molecule has 0 saturated carbocycles. The van der Waals surface area contributed by atoms with Gasteiger partial charge in [0.1, 0.15) is 6.04 Å². The van der Waals surface area contributed by atoms with Crippen molar-refractivity contribution in [1.29, 1.82) is 0 Å². The average molecular weight is 252 g/mol. The van der Waals surface area contributed by atoms with Gasteiger partial charge in [-0.05, 0) is 18.7 Å². The van der Waals surface area contributed by atoms with E-state index < -0.39 is 6.04 Å². The van der Waals surface area contributed by atoms with Crippen LogP contribution in [0.15, 0.2) is 24.3 Å². The van der Waals surface area contributed by atoms with E-state index in [0.717, 1.165) is 17.9 Å². The molecule has 0 aliphatic rings. The molecule has 0 aliphatic carbocycles. The number of nitrogens with two attached hydrogens (primary N) is 1. The Hall–Kier alpha value is -1.00. The summed E-state index contributed by atoms with van der Waals surface area (Å²) >= 11 is 1.72. The van der Waals surface area contributed by atoms with E-state index in [2.05, 4.69) is 0 Å². The van der Waals surface area contributed by atoms with E-state index >= 15 is 0 Å². The molecule has 0 saturated heterocycles. The van der Waals surface area contributed by atoms with Crippen LogP contribution in [0, 0.1) is 6.92 Å². The third-order valence-corrected chi connectivity index (χ3v) is 3.30. The number of rotatable bonds is 5. The SMILES string of the molecule is CSCCN(C)C(=O)C(N)c1ccc(C)cc1. The summed E-state index contributed by atoms with van der Waals surface area (Å²) < 4.78 is 0. The molecule has 0 fully saturated rings. The van der Waals surface area contributed by atoms with Crippen LogP contribution >= 0.6 is 11.8 Å². The Labute approximate surface area is 107 Å². The first kappa shape index (κ1) is 14.1. The number of aryl methyl sites for hydroxylation is 1. The van der Waals surface area contributed by atoms with Crippen LogP contribution in [0.5, 0.6) is 0 Å². The summed E-state index contributed by atoms with van der Waals surface area (Å²) in [6.45, 7) is 2.75. The van der Waals surface area contributed by atoms with Gasteiger partial charge in [-0.2, -0.15) is 11.8 Å². The Balaban J connectivity index is 2.65. The standard InChI is InChI=1S/C13H20N2OS/c1-10-4-6-11(7-5-10)12(14)13(16)15(2)8-9-17-3/h4-7,12H,8-9,14H2,1-3H3. The maximum atomic E-state index is 12.0. The van der Waals surface area contributed by atoms with Crippen LogP contribution in [0.25, 0.3) is 0 Å². The molecule has 1 rings (SSSR count). The lowest BCUT2D eigenvalue weighted by atomic mass is 10.1. The van der Waals surface area contributed by atoms with Crippen LogP contribution in [0.2, 0.25) is 0 Å². The number of amides is 1. The second-order valence-corrected chi connectivity index (χ2v) is 5.13. The first-order valence-corrected chi connectivity index (χ1v) is 7.01. The van der Waals surface area contributed by atoms with E-state index in [1.54, 1.807) is 23.7 Å². The van der Waals surface area contributed by atoms with Crippen molar-refractivity contribution >= 4 is 17.7 Å². The third-order valence-electron chi connectivity index (χ3n) is 2.71. The molecule has 17 heavy (non-hydrogen) atoms. The van der Waals surface area contributed by atoms with Gasteiger partial charge in [0.25, 0.3) is 0 Å². The monoisotopic (exact) mass is 252 g/mol. The predicted molar refractivity (Wildman–Crippen MR) is 74.1 cm³/mol. The van der Waals surface area contributed by atoms with Crippen molar-refractivity contribution in [3.63, 3.8) is 0 Å². The number of benzene rings is 1. The van der Waals surface area contributed by atoms with Crippen molar-refractivity contribution in [3.05, 3.63) is 35.4 Å². The van der Waals surface area contributed by atoms with Crippen LogP contribution in [-0.4, -0.2) is 36.4 Å². The Bertz CT molecular complexity index is 364. The molecular formula is C13H20N2OS. The molecule has 94 valence electrons. The average Bonchev–Trinajstić information content (AvgIpc) is 2.35. The lowest BCUT2D eigenvalue weighted by molar-refractivity contribution is -0.131. The lowest BCUT2D eigenvalue weighted by Gasteiger charge is -2.21. The van der Waals surface area contributed by atoms with Crippen molar-refractivity contribution in [1.82, 2.24) is 4.90 Å². The van der Waals surface area contributed by atoms with Gasteiger partial charge in [-0.3, -0.25) is 4.79 Å². The van der Waals surface area contributed by atoms with Gasteiger partial charge in [0, 0.05) is 19.3 Å². The number of nitrogens with zero attached hydrogens (tertiary/aromatic N) is 1. The Morgan fingerprint density at radius 2 is 2.00 bits per heavy atom. The summed E-state index contributed by atoms with van der Waals surface area (Å²) in [4.78, 5) is 13.7. The van der Waals surface area contributed by atoms with Gasteiger partial charge in [0.2, 0.25) is 5.91 Å². The van der Waals surface area contributed by atoms with Gasteiger partial charge in [0.15, 0.2) is 0 Å². The van der Waals surface area contributed by atoms with Crippen molar-refractivity contribution < 1.29 is 4.79 Å². The van der Waals surface area contributed by atoms with Gasteiger partial charge in [-0.25, -0.2) is 0 Å². The Kier molecular flexibility index (Phi) is 5.51. The molecule has 2 N–H and O–H groups in total. The minimum absolute atomic E-state index is 0.0251. The van der Waals surface area contributed by atoms with E-state index in [-0.39, 0.29) is 5.91 Å². The van der Waals surface area contributed by atoms with Crippen molar-refractivity contribution in [2.24, 2.45) is 5.73 Å². The first-order valence-electron chi connectivity index (χ1n) is 5.62. The number of carbonyl (C=O) groups is 1. The van der Waals surface area contributed by atoms with Gasteiger partial charge < -0.3 is 10.6 Å². The van der Waals surface area contributed by atoms with E-state index in [1.807, 2.05) is 37.4 Å². The molecule has 0 bridgehead atoms. The van der Waals surface area contributed by atoms with Gasteiger partial charge >= 0.3 is 0 Å². The van der Waals surface area contributed by atoms with Crippen LogP contribution in [0.3, 0.4) is 0 Å². The largest absolute Gasteiger partial charge is 0.343 e. The lowest BCUT2D eigenvalue weighted by Crippen LogP contribution is -2.37.